The zero-order valence-corrected chi connectivity index (χ0v) is 14.4. The molecule has 2 aromatic rings. The highest BCUT2D eigenvalue weighted by Gasteiger charge is 2.34. The number of piperazine rings is 1. The number of hydrogen-bond acceptors (Lipinski definition) is 3. The highest BCUT2D eigenvalue weighted by molar-refractivity contribution is 6.30. The molecule has 7 heteroatoms. The number of methoxy groups -OCH3 is 1. The molecule has 130 valence electrons. The minimum atomic E-state index is -0.696. The maximum Gasteiger partial charge on any atom is 0.322 e. The first kappa shape index (κ1) is 17.1. The van der Waals surface area contributed by atoms with Crippen LogP contribution in [0.15, 0.2) is 48.5 Å². The summed E-state index contributed by atoms with van der Waals surface area (Å²) in [6, 6.07) is 12.9. The molecular weight excluding hydrogens is 342 g/mol. The Hall–Kier alpha value is -2.73. The Labute approximate surface area is 150 Å². The first-order chi connectivity index (χ1) is 12.1. The van der Waals surface area contributed by atoms with E-state index in [1.807, 2.05) is 0 Å². The predicted molar refractivity (Wildman–Crippen MR) is 95.9 cm³/mol. The van der Waals surface area contributed by atoms with Crippen molar-refractivity contribution in [3.05, 3.63) is 59.1 Å². The molecule has 0 radical (unpaired) electrons. The van der Waals surface area contributed by atoms with Crippen molar-refractivity contribution in [1.29, 1.82) is 0 Å². The molecule has 25 heavy (non-hydrogen) atoms. The van der Waals surface area contributed by atoms with Crippen molar-refractivity contribution in [1.82, 2.24) is 10.2 Å². The molecule has 1 unspecified atom stereocenters. The van der Waals surface area contributed by atoms with Crippen molar-refractivity contribution in [2.75, 3.05) is 25.5 Å². The van der Waals surface area contributed by atoms with E-state index in [-0.39, 0.29) is 11.9 Å². The second-order valence-corrected chi connectivity index (χ2v) is 6.04. The highest BCUT2D eigenvalue weighted by atomic mass is 35.5. The standard InChI is InChI=1S/C18H18ClN3O3/c1-25-15-7-5-12(6-8-15)16-17(23)20-9-10-22(16)18(24)21-14-4-2-3-13(19)11-14/h2-8,11,16H,9-10H2,1H3,(H,20,23)(H,21,24). The second kappa shape index (κ2) is 7.44. The van der Waals surface area contributed by atoms with Crippen LogP contribution in [0.3, 0.4) is 0 Å². The number of nitrogens with one attached hydrogen (secondary N) is 2. The van der Waals surface area contributed by atoms with Crippen molar-refractivity contribution in [2.24, 2.45) is 0 Å². The number of ether oxygens (including phenoxy) is 1. The Morgan fingerprint density at radius 2 is 2.04 bits per heavy atom. The fourth-order valence-corrected chi connectivity index (χ4v) is 2.95. The molecule has 0 bridgehead atoms. The van der Waals surface area contributed by atoms with E-state index in [9.17, 15) is 9.59 Å². The topological polar surface area (TPSA) is 70.7 Å². The molecule has 0 aliphatic carbocycles. The molecule has 3 rings (SSSR count). The lowest BCUT2D eigenvalue weighted by Gasteiger charge is -2.35. The number of carbonyl (C=O) groups is 2. The highest BCUT2D eigenvalue weighted by Crippen LogP contribution is 2.26. The van der Waals surface area contributed by atoms with Crippen molar-refractivity contribution >= 4 is 29.2 Å². The normalized spacial score (nSPS) is 17.0. The Morgan fingerprint density at radius 1 is 1.28 bits per heavy atom. The van der Waals surface area contributed by atoms with E-state index in [0.29, 0.717) is 29.5 Å². The molecule has 1 saturated heterocycles. The van der Waals surface area contributed by atoms with Gasteiger partial charge in [-0.15, -0.1) is 0 Å². The lowest BCUT2D eigenvalue weighted by molar-refractivity contribution is -0.127. The first-order valence-electron chi connectivity index (χ1n) is 7.83. The van der Waals surface area contributed by atoms with E-state index < -0.39 is 6.04 Å². The van der Waals surface area contributed by atoms with Crippen LogP contribution in [0.5, 0.6) is 5.75 Å². The van der Waals surface area contributed by atoms with Crippen LogP contribution in [0.2, 0.25) is 5.02 Å². The van der Waals surface area contributed by atoms with Gasteiger partial charge in [-0.3, -0.25) is 4.79 Å². The number of carbonyl (C=O) groups excluding carboxylic acids is 2. The van der Waals surface area contributed by atoms with Crippen LogP contribution in [-0.4, -0.2) is 37.0 Å². The number of benzene rings is 2. The van der Waals surface area contributed by atoms with Crippen molar-refractivity contribution in [2.45, 2.75) is 6.04 Å². The van der Waals surface area contributed by atoms with E-state index in [4.69, 9.17) is 16.3 Å². The number of halogens is 1. The molecule has 0 aromatic heterocycles. The molecule has 6 nitrogen and oxygen atoms in total. The molecule has 0 saturated carbocycles. The van der Waals surface area contributed by atoms with Crippen molar-refractivity contribution in [3.63, 3.8) is 0 Å². The van der Waals surface area contributed by atoms with Gasteiger partial charge in [0.05, 0.1) is 7.11 Å². The van der Waals surface area contributed by atoms with Gasteiger partial charge < -0.3 is 20.3 Å². The average molecular weight is 360 g/mol. The minimum Gasteiger partial charge on any atom is -0.497 e. The lowest BCUT2D eigenvalue weighted by Crippen LogP contribution is -2.53. The third-order valence-corrected chi connectivity index (χ3v) is 4.22. The fraction of sp³-hybridized carbons (Fsp3) is 0.222. The molecule has 1 aliphatic rings. The van der Waals surface area contributed by atoms with E-state index in [0.717, 1.165) is 5.56 Å². The number of hydrogen-bond donors (Lipinski definition) is 2. The average Bonchev–Trinajstić information content (AvgIpc) is 2.61. The first-order valence-corrected chi connectivity index (χ1v) is 8.21. The smallest absolute Gasteiger partial charge is 0.322 e. The van der Waals surface area contributed by atoms with Gasteiger partial charge >= 0.3 is 6.03 Å². The van der Waals surface area contributed by atoms with Crippen LogP contribution < -0.4 is 15.4 Å². The van der Waals surface area contributed by atoms with E-state index in [2.05, 4.69) is 10.6 Å². The Bertz CT molecular complexity index is 779. The van der Waals surface area contributed by atoms with Crippen LogP contribution in [0, 0.1) is 0 Å². The summed E-state index contributed by atoms with van der Waals surface area (Å²) in [5.41, 5.74) is 1.30. The van der Waals surface area contributed by atoms with Crippen molar-refractivity contribution in [3.8, 4) is 5.75 Å². The predicted octanol–water partition coefficient (Wildman–Crippen LogP) is 3.05. The zero-order chi connectivity index (χ0) is 17.8. The maximum absolute atomic E-state index is 12.7. The van der Waals surface area contributed by atoms with E-state index >= 15 is 0 Å². The molecule has 3 amide bonds. The van der Waals surface area contributed by atoms with Gasteiger partial charge in [0, 0.05) is 23.8 Å². The molecule has 1 aliphatic heterocycles. The summed E-state index contributed by atoms with van der Waals surface area (Å²) in [5, 5.41) is 6.13. The maximum atomic E-state index is 12.7. The minimum absolute atomic E-state index is 0.210. The quantitative estimate of drug-likeness (QED) is 0.884. The second-order valence-electron chi connectivity index (χ2n) is 5.60. The van der Waals surface area contributed by atoms with E-state index in [1.54, 1.807) is 55.6 Å². The van der Waals surface area contributed by atoms with Gasteiger partial charge in [0.15, 0.2) is 0 Å². The van der Waals surface area contributed by atoms with Gasteiger partial charge in [-0.2, -0.15) is 0 Å². The molecule has 1 heterocycles. The Balaban J connectivity index is 1.83. The van der Waals surface area contributed by atoms with Gasteiger partial charge in [0.25, 0.3) is 0 Å². The van der Waals surface area contributed by atoms with Gasteiger partial charge in [0.2, 0.25) is 5.91 Å². The molecular formula is C18H18ClN3O3. The van der Waals surface area contributed by atoms with Crippen LogP contribution in [-0.2, 0) is 4.79 Å². The summed E-state index contributed by atoms with van der Waals surface area (Å²) in [7, 11) is 1.58. The molecule has 2 aromatic carbocycles. The summed E-state index contributed by atoms with van der Waals surface area (Å²) < 4.78 is 5.14. The molecule has 1 atom stereocenters. The monoisotopic (exact) mass is 359 g/mol. The zero-order valence-electron chi connectivity index (χ0n) is 13.7. The third-order valence-electron chi connectivity index (χ3n) is 3.98. The fourth-order valence-electron chi connectivity index (χ4n) is 2.76. The Kier molecular flexibility index (Phi) is 5.09. The van der Waals surface area contributed by atoms with Crippen LogP contribution in [0.1, 0.15) is 11.6 Å². The number of nitrogens with zero attached hydrogens (tertiary/aromatic N) is 1. The lowest BCUT2D eigenvalue weighted by atomic mass is 10.0. The number of urea groups is 1. The summed E-state index contributed by atoms with van der Waals surface area (Å²) >= 11 is 5.95. The number of rotatable bonds is 3. The molecule has 2 N–H and O–H groups in total. The van der Waals surface area contributed by atoms with Crippen LogP contribution in [0.25, 0.3) is 0 Å². The van der Waals surface area contributed by atoms with Gasteiger partial charge in [-0.25, -0.2) is 4.79 Å². The summed E-state index contributed by atoms with van der Waals surface area (Å²) in [6.07, 6.45) is 0. The molecule has 1 fully saturated rings. The summed E-state index contributed by atoms with van der Waals surface area (Å²) in [6.45, 7) is 0.823. The number of amides is 3. The third kappa shape index (κ3) is 3.85. The van der Waals surface area contributed by atoms with Gasteiger partial charge in [0.1, 0.15) is 11.8 Å². The van der Waals surface area contributed by atoms with Crippen molar-refractivity contribution < 1.29 is 14.3 Å². The van der Waals surface area contributed by atoms with Gasteiger partial charge in [-0.05, 0) is 35.9 Å². The summed E-state index contributed by atoms with van der Waals surface area (Å²) in [5.74, 6) is 0.479. The number of anilines is 1. The molecule has 0 spiro atoms. The van der Waals surface area contributed by atoms with Crippen LogP contribution >= 0.6 is 11.6 Å². The Morgan fingerprint density at radius 3 is 2.72 bits per heavy atom. The van der Waals surface area contributed by atoms with Gasteiger partial charge in [-0.1, -0.05) is 29.8 Å². The van der Waals surface area contributed by atoms with E-state index in [1.165, 1.54) is 4.90 Å². The SMILES string of the molecule is COc1ccc(C2C(=O)NCCN2C(=O)Nc2cccc(Cl)c2)cc1. The largest absolute Gasteiger partial charge is 0.497 e. The summed E-state index contributed by atoms with van der Waals surface area (Å²) in [4.78, 5) is 26.6. The van der Waals surface area contributed by atoms with Crippen LogP contribution in [0.4, 0.5) is 10.5 Å².